The molecule has 1 heterocycles. The molecule has 0 saturated carbocycles. The highest BCUT2D eigenvalue weighted by molar-refractivity contribution is 9.08. The van der Waals surface area contributed by atoms with Crippen LogP contribution in [0.1, 0.15) is 43.1 Å². The molecular formula is C18H23BrO5S. The van der Waals surface area contributed by atoms with E-state index in [4.69, 9.17) is 14.2 Å². The van der Waals surface area contributed by atoms with E-state index >= 15 is 0 Å². The van der Waals surface area contributed by atoms with Crippen molar-refractivity contribution in [2.75, 3.05) is 6.26 Å². The van der Waals surface area contributed by atoms with Gasteiger partial charge in [0.05, 0.1) is 0 Å². The smallest absolute Gasteiger partial charge is 0.303 e. The topological polar surface area (TPSA) is 61.8 Å². The normalized spacial score (nSPS) is 26.1. The van der Waals surface area contributed by atoms with Gasteiger partial charge in [0, 0.05) is 25.6 Å². The molecule has 1 saturated heterocycles. The van der Waals surface area contributed by atoms with Gasteiger partial charge in [-0.15, -0.1) is 11.8 Å². The zero-order chi connectivity index (χ0) is 18.6. The van der Waals surface area contributed by atoms with Gasteiger partial charge in [0.15, 0.2) is 0 Å². The summed E-state index contributed by atoms with van der Waals surface area (Å²) in [5.74, 6) is -0.750. The van der Waals surface area contributed by atoms with E-state index in [0.717, 1.165) is 16.5 Å². The van der Waals surface area contributed by atoms with Crippen molar-refractivity contribution in [3.05, 3.63) is 34.9 Å². The summed E-state index contributed by atoms with van der Waals surface area (Å²) in [5, 5.41) is 0.736. The standard InChI is InChI=1S/C18H23BrO5S/c1-10-5-6-13(7-14(10)9-19)17-15(22-11(2)20)8-16(23-12(3)21)18(24-17)25-4/h5-7,15-18H,8-9H2,1-4H3/t15-,16+,17?,18-/m1/s1. The Bertz CT molecular complexity index is 636. The second kappa shape index (κ2) is 9.05. The van der Waals surface area contributed by atoms with Crippen LogP contribution in [0.4, 0.5) is 0 Å². The van der Waals surface area contributed by atoms with Gasteiger partial charge < -0.3 is 14.2 Å². The molecule has 25 heavy (non-hydrogen) atoms. The molecular weight excluding hydrogens is 408 g/mol. The Morgan fingerprint density at radius 3 is 2.44 bits per heavy atom. The number of carbonyl (C=O) groups excluding carboxylic acids is 2. The summed E-state index contributed by atoms with van der Waals surface area (Å²) in [6, 6.07) is 6.09. The molecule has 0 aromatic heterocycles. The van der Waals surface area contributed by atoms with Crippen molar-refractivity contribution >= 4 is 39.6 Å². The Morgan fingerprint density at radius 2 is 1.88 bits per heavy atom. The van der Waals surface area contributed by atoms with E-state index in [1.165, 1.54) is 31.2 Å². The number of aryl methyl sites for hydroxylation is 1. The highest BCUT2D eigenvalue weighted by Crippen LogP contribution is 2.39. The molecule has 0 aliphatic carbocycles. The maximum Gasteiger partial charge on any atom is 0.303 e. The summed E-state index contributed by atoms with van der Waals surface area (Å²) in [7, 11) is 0. The molecule has 138 valence electrons. The van der Waals surface area contributed by atoms with E-state index in [0.29, 0.717) is 6.42 Å². The van der Waals surface area contributed by atoms with Crippen LogP contribution in [-0.2, 0) is 29.1 Å². The highest BCUT2D eigenvalue weighted by Gasteiger charge is 2.42. The van der Waals surface area contributed by atoms with E-state index in [-0.39, 0.29) is 17.4 Å². The third-order valence-electron chi connectivity index (χ3n) is 4.10. The maximum atomic E-state index is 11.5. The predicted molar refractivity (Wildman–Crippen MR) is 101 cm³/mol. The number of benzene rings is 1. The van der Waals surface area contributed by atoms with Crippen LogP contribution < -0.4 is 0 Å². The minimum absolute atomic E-state index is 0.311. The Morgan fingerprint density at radius 1 is 1.24 bits per heavy atom. The second-order valence-electron chi connectivity index (χ2n) is 6.01. The minimum Gasteiger partial charge on any atom is -0.459 e. The first-order valence-electron chi connectivity index (χ1n) is 8.03. The van der Waals surface area contributed by atoms with Crippen LogP contribution in [0.15, 0.2) is 18.2 Å². The van der Waals surface area contributed by atoms with Crippen LogP contribution >= 0.6 is 27.7 Å². The number of alkyl halides is 1. The SMILES string of the molecule is CS[C@H]1OC(c2ccc(C)c(CBr)c2)[C@H](OC(C)=O)C[C@@H]1OC(C)=O. The summed E-state index contributed by atoms with van der Waals surface area (Å²) in [4.78, 5) is 22.9. The first-order chi connectivity index (χ1) is 11.8. The third kappa shape index (κ3) is 5.21. The van der Waals surface area contributed by atoms with Gasteiger partial charge in [-0.05, 0) is 29.9 Å². The van der Waals surface area contributed by atoms with Crippen molar-refractivity contribution in [3.8, 4) is 0 Å². The van der Waals surface area contributed by atoms with Gasteiger partial charge in [0.2, 0.25) is 0 Å². The Balaban J connectivity index is 2.33. The molecule has 1 aromatic rings. The van der Waals surface area contributed by atoms with Crippen molar-refractivity contribution in [1.29, 1.82) is 0 Å². The molecule has 0 radical (unpaired) electrons. The Labute approximate surface area is 160 Å². The molecule has 7 heteroatoms. The lowest BCUT2D eigenvalue weighted by molar-refractivity contribution is -0.188. The van der Waals surface area contributed by atoms with Gasteiger partial charge in [0.25, 0.3) is 0 Å². The summed E-state index contributed by atoms with van der Waals surface area (Å²) >= 11 is 4.98. The fourth-order valence-electron chi connectivity index (χ4n) is 2.94. The van der Waals surface area contributed by atoms with Crippen LogP contribution in [0.3, 0.4) is 0 Å². The number of rotatable bonds is 5. The van der Waals surface area contributed by atoms with Crippen molar-refractivity contribution in [2.45, 2.75) is 56.3 Å². The molecule has 1 aliphatic rings. The van der Waals surface area contributed by atoms with Gasteiger partial charge in [-0.1, -0.05) is 34.1 Å². The number of carbonyl (C=O) groups is 2. The summed E-state index contributed by atoms with van der Waals surface area (Å²) in [5.41, 5.74) is 2.98. The van der Waals surface area contributed by atoms with Crippen LogP contribution in [0.2, 0.25) is 0 Å². The Hall–Kier alpha value is -1.05. The molecule has 1 unspecified atom stereocenters. The summed E-state index contributed by atoms with van der Waals surface area (Å²) < 4.78 is 17.0. The number of halogens is 1. The number of thioether (sulfide) groups is 1. The van der Waals surface area contributed by atoms with Gasteiger partial charge in [-0.25, -0.2) is 0 Å². The monoisotopic (exact) mass is 430 g/mol. The maximum absolute atomic E-state index is 11.5. The van der Waals surface area contributed by atoms with E-state index in [2.05, 4.69) is 22.0 Å². The molecule has 0 amide bonds. The molecule has 4 atom stereocenters. The molecule has 0 N–H and O–H groups in total. The zero-order valence-corrected chi connectivity index (χ0v) is 17.2. The van der Waals surface area contributed by atoms with Gasteiger partial charge in [-0.2, -0.15) is 0 Å². The molecule has 1 fully saturated rings. The minimum atomic E-state index is -0.504. The average Bonchev–Trinajstić information content (AvgIpc) is 2.54. The average molecular weight is 431 g/mol. The fraction of sp³-hybridized carbons (Fsp3) is 0.556. The fourth-order valence-corrected chi connectivity index (χ4v) is 4.24. The van der Waals surface area contributed by atoms with Crippen molar-refractivity contribution < 1.29 is 23.8 Å². The van der Waals surface area contributed by atoms with Crippen LogP contribution in [0, 0.1) is 6.92 Å². The lowest BCUT2D eigenvalue weighted by atomic mass is 9.94. The highest BCUT2D eigenvalue weighted by atomic mass is 79.9. The van der Waals surface area contributed by atoms with Crippen LogP contribution in [-0.4, -0.2) is 35.8 Å². The van der Waals surface area contributed by atoms with E-state index in [9.17, 15) is 9.59 Å². The number of ether oxygens (including phenoxy) is 3. The molecule has 5 nitrogen and oxygen atoms in total. The molecule has 0 bridgehead atoms. The lowest BCUT2D eigenvalue weighted by Crippen LogP contribution is -2.45. The zero-order valence-electron chi connectivity index (χ0n) is 14.8. The Kier molecular flexibility index (Phi) is 7.34. The molecule has 1 aliphatic heterocycles. The number of hydrogen-bond donors (Lipinski definition) is 0. The van der Waals surface area contributed by atoms with Crippen LogP contribution in [0.5, 0.6) is 0 Å². The van der Waals surface area contributed by atoms with Gasteiger partial charge in [0.1, 0.15) is 23.7 Å². The van der Waals surface area contributed by atoms with E-state index < -0.39 is 18.3 Å². The first-order valence-corrected chi connectivity index (χ1v) is 10.4. The van der Waals surface area contributed by atoms with Crippen molar-refractivity contribution in [2.24, 2.45) is 0 Å². The van der Waals surface area contributed by atoms with Crippen molar-refractivity contribution in [1.82, 2.24) is 0 Å². The first kappa shape index (κ1) is 20.3. The second-order valence-corrected chi connectivity index (χ2v) is 7.51. The van der Waals surface area contributed by atoms with E-state index in [1.54, 1.807) is 0 Å². The largest absolute Gasteiger partial charge is 0.459 e. The van der Waals surface area contributed by atoms with Crippen LogP contribution in [0.25, 0.3) is 0 Å². The quantitative estimate of drug-likeness (QED) is 0.521. The molecule has 1 aromatic carbocycles. The van der Waals surface area contributed by atoms with Gasteiger partial charge >= 0.3 is 11.9 Å². The predicted octanol–water partition coefficient (Wildman–Crippen LogP) is 3.90. The summed E-state index contributed by atoms with van der Waals surface area (Å²) in [6.45, 7) is 4.79. The molecule has 2 rings (SSSR count). The van der Waals surface area contributed by atoms with Crippen molar-refractivity contribution in [3.63, 3.8) is 0 Å². The summed E-state index contributed by atoms with van der Waals surface area (Å²) in [6.07, 6.45) is 0.966. The van der Waals surface area contributed by atoms with Gasteiger partial charge in [-0.3, -0.25) is 9.59 Å². The number of esters is 2. The lowest BCUT2D eigenvalue weighted by Gasteiger charge is -2.40. The molecule has 0 spiro atoms. The van der Waals surface area contributed by atoms with E-state index in [1.807, 2.05) is 25.3 Å². The number of hydrogen-bond acceptors (Lipinski definition) is 6. The third-order valence-corrected chi connectivity index (χ3v) is 5.58.